The average Bonchev–Trinajstić information content (AvgIpc) is 2.37. The maximum absolute atomic E-state index is 13.8. The lowest BCUT2D eigenvalue weighted by atomic mass is 9.68. The molecule has 1 aromatic carbocycles. The predicted molar refractivity (Wildman–Crippen MR) is 60.5 cm³/mol. The van der Waals surface area contributed by atoms with E-state index in [-0.39, 0.29) is 19.4 Å². The zero-order valence-electron chi connectivity index (χ0n) is 10.2. The Hall–Kier alpha value is -1.17. The molecule has 2 N–H and O–H groups in total. The van der Waals surface area contributed by atoms with E-state index in [4.69, 9.17) is 5.73 Å². The zero-order valence-corrected chi connectivity index (χ0v) is 10.2. The van der Waals surface area contributed by atoms with E-state index in [1.54, 1.807) is 0 Å². The summed E-state index contributed by atoms with van der Waals surface area (Å²) in [5.41, 5.74) is 3.80. The normalized spacial score (nSPS) is 21.4. The van der Waals surface area contributed by atoms with Gasteiger partial charge in [0, 0.05) is 30.4 Å². The molecular formula is C13H14F5N. The molecule has 6 heteroatoms. The molecule has 1 aliphatic carbocycles. The summed E-state index contributed by atoms with van der Waals surface area (Å²) < 4.78 is 67.2. The summed E-state index contributed by atoms with van der Waals surface area (Å²) in [6, 6.07) is 1.48. The summed E-state index contributed by atoms with van der Waals surface area (Å²) in [4.78, 5) is 0. The SMILES string of the molecule is NCC1(c2c(F)ccc(F)c2F)CCC(F)(F)CC1. The maximum atomic E-state index is 13.8. The first kappa shape index (κ1) is 14.2. The molecule has 1 aromatic rings. The second-order valence-corrected chi connectivity index (χ2v) is 5.06. The smallest absolute Gasteiger partial charge is 0.248 e. The van der Waals surface area contributed by atoms with E-state index in [0.29, 0.717) is 6.07 Å². The molecule has 0 aromatic heterocycles. The summed E-state index contributed by atoms with van der Waals surface area (Å²) >= 11 is 0. The van der Waals surface area contributed by atoms with Gasteiger partial charge in [-0.2, -0.15) is 0 Å². The summed E-state index contributed by atoms with van der Waals surface area (Å²) in [6.07, 6.45) is -1.32. The molecule has 1 saturated carbocycles. The highest BCUT2D eigenvalue weighted by atomic mass is 19.3. The molecule has 106 valence electrons. The van der Waals surface area contributed by atoms with Gasteiger partial charge >= 0.3 is 0 Å². The fraction of sp³-hybridized carbons (Fsp3) is 0.538. The number of halogens is 5. The van der Waals surface area contributed by atoms with Crippen molar-refractivity contribution in [3.8, 4) is 0 Å². The standard InChI is InChI=1S/C13H14F5N/c14-8-1-2-9(15)11(16)10(8)12(7-19)3-5-13(17,18)6-4-12/h1-2H,3-7,19H2. The van der Waals surface area contributed by atoms with Crippen LogP contribution in [0.5, 0.6) is 0 Å². The molecule has 0 bridgehead atoms. The molecular weight excluding hydrogens is 265 g/mol. The van der Waals surface area contributed by atoms with Gasteiger partial charge in [0.25, 0.3) is 0 Å². The Balaban J connectivity index is 2.46. The van der Waals surface area contributed by atoms with Gasteiger partial charge in [0.05, 0.1) is 0 Å². The highest BCUT2D eigenvalue weighted by Crippen LogP contribution is 2.46. The first-order valence-electron chi connectivity index (χ1n) is 6.03. The van der Waals surface area contributed by atoms with Crippen molar-refractivity contribution in [2.24, 2.45) is 5.73 Å². The second-order valence-electron chi connectivity index (χ2n) is 5.06. The van der Waals surface area contributed by atoms with Crippen LogP contribution in [-0.4, -0.2) is 12.5 Å². The third-order valence-corrected chi connectivity index (χ3v) is 3.90. The quantitative estimate of drug-likeness (QED) is 0.650. The van der Waals surface area contributed by atoms with Crippen LogP contribution in [0.25, 0.3) is 0 Å². The van der Waals surface area contributed by atoms with Gasteiger partial charge in [-0.25, -0.2) is 22.0 Å². The van der Waals surface area contributed by atoms with Crippen LogP contribution < -0.4 is 5.73 Å². The average molecular weight is 279 g/mol. The minimum atomic E-state index is -2.85. The number of benzene rings is 1. The van der Waals surface area contributed by atoms with Crippen molar-refractivity contribution in [2.75, 3.05) is 6.54 Å². The van der Waals surface area contributed by atoms with E-state index in [1.165, 1.54) is 0 Å². The second kappa shape index (κ2) is 4.74. The molecule has 0 unspecified atom stereocenters. The molecule has 0 atom stereocenters. The summed E-state index contributed by atoms with van der Waals surface area (Å²) in [5.74, 6) is -6.30. The van der Waals surface area contributed by atoms with Gasteiger partial charge in [0.1, 0.15) is 5.82 Å². The Morgan fingerprint density at radius 3 is 2.00 bits per heavy atom. The van der Waals surface area contributed by atoms with Gasteiger partial charge in [0.2, 0.25) is 5.92 Å². The van der Waals surface area contributed by atoms with Crippen molar-refractivity contribution >= 4 is 0 Å². The molecule has 0 aliphatic heterocycles. The number of hydrogen-bond acceptors (Lipinski definition) is 1. The first-order valence-corrected chi connectivity index (χ1v) is 6.03. The van der Waals surface area contributed by atoms with E-state index in [2.05, 4.69) is 0 Å². The first-order chi connectivity index (χ1) is 8.81. The molecule has 19 heavy (non-hydrogen) atoms. The summed E-state index contributed by atoms with van der Waals surface area (Å²) in [5, 5.41) is 0. The van der Waals surface area contributed by atoms with Crippen LogP contribution in [0, 0.1) is 17.5 Å². The van der Waals surface area contributed by atoms with Gasteiger partial charge < -0.3 is 5.73 Å². The van der Waals surface area contributed by atoms with Crippen LogP contribution in [-0.2, 0) is 5.41 Å². The van der Waals surface area contributed by atoms with Crippen LogP contribution in [0.4, 0.5) is 22.0 Å². The fourth-order valence-corrected chi connectivity index (χ4v) is 2.66. The molecule has 0 spiro atoms. The zero-order chi connectivity index (χ0) is 14.3. The third kappa shape index (κ3) is 2.45. The van der Waals surface area contributed by atoms with E-state index in [0.717, 1.165) is 6.07 Å². The number of nitrogens with two attached hydrogens (primary N) is 1. The predicted octanol–water partition coefficient (Wildman–Crippen LogP) is 3.51. The van der Waals surface area contributed by atoms with Crippen molar-refractivity contribution < 1.29 is 22.0 Å². The topological polar surface area (TPSA) is 26.0 Å². The molecule has 1 aliphatic rings. The van der Waals surface area contributed by atoms with Gasteiger partial charge in [-0.3, -0.25) is 0 Å². The lowest BCUT2D eigenvalue weighted by molar-refractivity contribution is -0.0518. The van der Waals surface area contributed by atoms with Crippen molar-refractivity contribution in [3.63, 3.8) is 0 Å². The summed E-state index contributed by atoms with van der Waals surface area (Å²) in [6.45, 7) is -0.194. The number of alkyl halides is 2. The molecule has 0 saturated heterocycles. The van der Waals surface area contributed by atoms with Gasteiger partial charge in [-0.05, 0) is 25.0 Å². The van der Waals surface area contributed by atoms with Gasteiger partial charge in [0.15, 0.2) is 11.6 Å². The Morgan fingerprint density at radius 1 is 0.947 bits per heavy atom. The van der Waals surface area contributed by atoms with Crippen LogP contribution in [0.2, 0.25) is 0 Å². The molecule has 0 amide bonds. The Kier molecular flexibility index (Phi) is 3.55. The van der Waals surface area contributed by atoms with Crippen molar-refractivity contribution in [3.05, 3.63) is 35.1 Å². The molecule has 0 heterocycles. The third-order valence-electron chi connectivity index (χ3n) is 3.90. The van der Waals surface area contributed by atoms with E-state index in [1.807, 2.05) is 0 Å². The lowest BCUT2D eigenvalue weighted by Gasteiger charge is -2.40. The molecule has 0 radical (unpaired) electrons. The lowest BCUT2D eigenvalue weighted by Crippen LogP contribution is -2.43. The Bertz CT molecular complexity index is 476. The largest absolute Gasteiger partial charge is 0.330 e. The van der Waals surface area contributed by atoms with E-state index < -0.39 is 47.2 Å². The van der Waals surface area contributed by atoms with Gasteiger partial charge in [-0.1, -0.05) is 0 Å². The minimum Gasteiger partial charge on any atom is -0.330 e. The Morgan fingerprint density at radius 2 is 1.47 bits per heavy atom. The fourth-order valence-electron chi connectivity index (χ4n) is 2.66. The van der Waals surface area contributed by atoms with Gasteiger partial charge in [-0.15, -0.1) is 0 Å². The monoisotopic (exact) mass is 279 g/mol. The van der Waals surface area contributed by atoms with Crippen molar-refractivity contribution in [1.29, 1.82) is 0 Å². The number of hydrogen-bond donors (Lipinski definition) is 1. The van der Waals surface area contributed by atoms with E-state index >= 15 is 0 Å². The molecule has 1 fully saturated rings. The van der Waals surface area contributed by atoms with Crippen LogP contribution >= 0.6 is 0 Å². The highest BCUT2D eigenvalue weighted by Gasteiger charge is 2.46. The van der Waals surface area contributed by atoms with E-state index in [9.17, 15) is 22.0 Å². The van der Waals surface area contributed by atoms with Crippen LogP contribution in [0.1, 0.15) is 31.2 Å². The Labute approximate surface area is 107 Å². The molecule has 2 rings (SSSR count). The van der Waals surface area contributed by atoms with Crippen LogP contribution in [0.15, 0.2) is 12.1 Å². The summed E-state index contributed by atoms with van der Waals surface area (Å²) in [7, 11) is 0. The van der Waals surface area contributed by atoms with Crippen LogP contribution in [0.3, 0.4) is 0 Å². The minimum absolute atomic E-state index is 0.159. The highest BCUT2D eigenvalue weighted by molar-refractivity contribution is 5.31. The molecule has 1 nitrogen and oxygen atoms in total. The number of rotatable bonds is 2. The van der Waals surface area contributed by atoms with Crippen molar-refractivity contribution in [2.45, 2.75) is 37.0 Å². The maximum Gasteiger partial charge on any atom is 0.248 e. The van der Waals surface area contributed by atoms with Crippen molar-refractivity contribution in [1.82, 2.24) is 0 Å².